The van der Waals surface area contributed by atoms with Gasteiger partial charge in [-0.25, -0.2) is 0 Å². The topological polar surface area (TPSA) is 101 Å². The molecular formula is C14H16N4O3. The van der Waals surface area contributed by atoms with E-state index in [1.807, 2.05) is 0 Å². The van der Waals surface area contributed by atoms with E-state index in [9.17, 15) is 9.59 Å². The molecule has 0 aliphatic heterocycles. The Balaban J connectivity index is 2.34. The van der Waals surface area contributed by atoms with Crippen molar-refractivity contribution in [3.05, 3.63) is 42.2 Å². The van der Waals surface area contributed by atoms with Crippen molar-refractivity contribution in [2.45, 2.75) is 6.42 Å². The minimum Gasteiger partial charge on any atom is -0.481 e. The van der Waals surface area contributed by atoms with Crippen molar-refractivity contribution in [2.24, 2.45) is 7.05 Å². The lowest BCUT2D eigenvalue weighted by Gasteiger charge is -2.22. The maximum absolute atomic E-state index is 12.5. The van der Waals surface area contributed by atoms with E-state index >= 15 is 0 Å². The molecule has 7 heteroatoms. The number of aliphatic carboxylic acids is 1. The number of nitrogens with zero attached hydrogens (tertiary/aromatic N) is 3. The van der Waals surface area contributed by atoms with Gasteiger partial charge in [0.2, 0.25) is 0 Å². The van der Waals surface area contributed by atoms with E-state index in [2.05, 4.69) is 5.10 Å². The molecule has 1 amide bonds. The molecule has 0 saturated heterocycles. The van der Waals surface area contributed by atoms with Gasteiger partial charge in [0.25, 0.3) is 5.91 Å². The highest BCUT2D eigenvalue weighted by molar-refractivity contribution is 6.06. The molecular weight excluding hydrogens is 272 g/mol. The van der Waals surface area contributed by atoms with Crippen molar-refractivity contribution in [2.75, 3.05) is 17.2 Å². The van der Waals surface area contributed by atoms with Crippen LogP contribution in [0.1, 0.15) is 16.9 Å². The maximum atomic E-state index is 12.5. The fraction of sp³-hybridized carbons (Fsp3) is 0.214. The lowest BCUT2D eigenvalue weighted by Crippen LogP contribution is -2.34. The maximum Gasteiger partial charge on any atom is 0.305 e. The van der Waals surface area contributed by atoms with E-state index < -0.39 is 5.97 Å². The zero-order valence-electron chi connectivity index (χ0n) is 11.6. The second-order valence-corrected chi connectivity index (χ2v) is 4.53. The van der Waals surface area contributed by atoms with E-state index in [-0.39, 0.29) is 24.6 Å². The van der Waals surface area contributed by atoms with Crippen molar-refractivity contribution < 1.29 is 14.7 Å². The van der Waals surface area contributed by atoms with Gasteiger partial charge in [0, 0.05) is 19.8 Å². The summed E-state index contributed by atoms with van der Waals surface area (Å²) in [6, 6.07) is 8.41. The monoisotopic (exact) mass is 288 g/mol. The van der Waals surface area contributed by atoms with Crippen LogP contribution in [0.5, 0.6) is 0 Å². The van der Waals surface area contributed by atoms with Crippen LogP contribution in [0.25, 0.3) is 0 Å². The summed E-state index contributed by atoms with van der Waals surface area (Å²) in [4.78, 5) is 24.7. The van der Waals surface area contributed by atoms with E-state index in [0.717, 1.165) is 0 Å². The number of carboxylic acid groups (broad SMARTS) is 1. The Bertz CT molecular complexity index is 666. The standard InChI is InChI=1S/C14H16N4O3/c1-17-8-6-11(16-17)14(21)18(9-7-13(19)20)12-5-3-2-4-10(12)15/h2-6,8H,7,9,15H2,1H3,(H,19,20). The van der Waals surface area contributed by atoms with Crippen LogP contribution in [-0.2, 0) is 11.8 Å². The number of aromatic nitrogens is 2. The van der Waals surface area contributed by atoms with Gasteiger partial charge in [0.05, 0.1) is 17.8 Å². The second-order valence-electron chi connectivity index (χ2n) is 4.53. The molecule has 7 nitrogen and oxygen atoms in total. The van der Waals surface area contributed by atoms with Gasteiger partial charge in [-0.3, -0.25) is 14.3 Å². The molecule has 0 radical (unpaired) electrons. The molecule has 0 fully saturated rings. The molecule has 0 atom stereocenters. The molecule has 0 aliphatic carbocycles. The number of carboxylic acids is 1. The zero-order valence-corrected chi connectivity index (χ0v) is 11.6. The van der Waals surface area contributed by atoms with E-state index in [4.69, 9.17) is 10.8 Å². The number of hydrogen-bond acceptors (Lipinski definition) is 4. The lowest BCUT2D eigenvalue weighted by atomic mass is 10.2. The third-order valence-electron chi connectivity index (χ3n) is 2.95. The first-order valence-electron chi connectivity index (χ1n) is 6.37. The summed E-state index contributed by atoms with van der Waals surface area (Å²) in [7, 11) is 1.70. The van der Waals surface area contributed by atoms with E-state index in [1.165, 1.54) is 9.58 Å². The largest absolute Gasteiger partial charge is 0.481 e. The summed E-state index contributed by atoms with van der Waals surface area (Å²) in [6.07, 6.45) is 1.48. The number of anilines is 2. The van der Waals surface area contributed by atoms with Gasteiger partial charge in [0.15, 0.2) is 5.69 Å². The third kappa shape index (κ3) is 3.38. The predicted octanol–water partition coefficient (Wildman–Crippen LogP) is 1.12. The first-order chi connectivity index (χ1) is 9.99. The zero-order chi connectivity index (χ0) is 15.4. The molecule has 110 valence electrons. The normalized spacial score (nSPS) is 10.3. The quantitative estimate of drug-likeness (QED) is 0.803. The summed E-state index contributed by atoms with van der Waals surface area (Å²) in [5, 5.41) is 12.9. The highest BCUT2D eigenvalue weighted by Crippen LogP contribution is 2.24. The van der Waals surface area contributed by atoms with Crippen LogP contribution < -0.4 is 10.6 Å². The molecule has 2 aromatic rings. The first kappa shape index (κ1) is 14.6. The minimum atomic E-state index is -0.983. The van der Waals surface area contributed by atoms with Crippen LogP contribution in [0.3, 0.4) is 0 Å². The van der Waals surface area contributed by atoms with Crippen molar-refractivity contribution in [1.29, 1.82) is 0 Å². The van der Waals surface area contributed by atoms with Crippen LogP contribution in [0, 0.1) is 0 Å². The molecule has 21 heavy (non-hydrogen) atoms. The number of para-hydroxylation sites is 2. The summed E-state index contributed by atoms with van der Waals surface area (Å²) in [5.41, 5.74) is 7.01. The predicted molar refractivity (Wildman–Crippen MR) is 78.0 cm³/mol. The highest BCUT2D eigenvalue weighted by atomic mass is 16.4. The Hall–Kier alpha value is -2.83. The summed E-state index contributed by atoms with van der Waals surface area (Å²) in [5.74, 6) is -1.36. The third-order valence-corrected chi connectivity index (χ3v) is 2.95. The fourth-order valence-corrected chi connectivity index (χ4v) is 1.94. The van der Waals surface area contributed by atoms with Crippen LogP contribution >= 0.6 is 0 Å². The molecule has 2 rings (SSSR count). The van der Waals surface area contributed by atoms with Crippen molar-refractivity contribution in [3.8, 4) is 0 Å². The van der Waals surface area contributed by atoms with Crippen LogP contribution in [0.4, 0.5) is 11.4 Å². The van der Waals surface area contributed by atoms with Gasteiger partial charge >= 0.3 is 5.97 Å². The van der Waals surface area contributed by atoms with Crippen molar-refractivity contribution >= 4 is 23.3 Å². The molecule has 1 aromatic carbocycles. The molecule has 3 N–H and O–H groups in total. The van der Waals surface area contributed by atoms with Crippen LogP contribution in [-0.4, -0.2) is 33.3 Å². The van der Waals surface area contributed by atoms with Gasteiger partial charge in [-0.15, -0.1) is 0 Å². The number of nitrogen functional groups attached to an aromatic ring is 1. The molecule has 0 saturated carbocycles. The summed E-state index contributed by atoms with van der Waals surface area (Å²) in [6.45, 7) is 0.0267. The van der Waals surface area contributed by atoms with Gasteiger partial charge in [-0.05, 0) is 18.2 Å². The molecule has 1 aromatic heterocycles. The number of nitrogens with two attached hydrogens (primary N) is 1. The average Bonchev–Trinajstić information content (AvgIpc) is 2.87. The molecule has 0 bridgehead atoms. The first-order valence-corrected chi connectivity index (χ1v) is 6.37. The SMILES string of the molecule is Cn1ccc(C(=O)N(CCC(=O)O)c2ccccc2N)n1. The Labute approximate surface area is 121 Å². The number of carbonyl (C=O) groups excluding carboxylic acids is 1. The van der Waals surface area contributed by atoms with Crippen molar-refractivity contribution in [1.82, 2.24) is 9.78 Å². The smallest absolute Gasteiger partial charge is 0.305 e. The average molecular weight is 288 g/mol. The van der Waals surface area contributed by atoms with Gasteiger partial charge < -0.3 is 15.7 Å². The van der Waals surface area contributed by atoms with Gasteiger partial charge in [-0.1, -0.05) is 12.1 Å². The number of rotatable bonds is 5. The molecule has 1 heterocycles. The Kier molecular flexibility index (Phi) is 4.22. The Morgan fingerprint density at radius 1 is 1.33 bits per heavy atom. The summed E-state index contributed by atoms with van der Waals surface area (Å²) >= 11 is 0. The van der Waals surface area contributed by atoms with Crippen molar-refractivity contribution in [3.63, 3.8) is 0 Å². The number of amides is 1. The van der Waals surface area contributed by atoms with Gasteiger partial charge in [0.1, 0.15) is 0 Å². The number of benzene rings is 1. The van der Waals surface area contributed by atoms with Crippen LogP contribution in [0.2, 0.25) is 0 Å². The highest BCUT2D eigenvalue weighted by Gasteiger charge is 2.22. The molecule has 0 spiro atoms. The Morgan fingerprint density at radius 3 is 2.62 bits per heavy atom. The Morgan fingerprint density at radius 2 is 2.05 bits per heavy atom. The molecule has 0 unspecified atom stereocenters. The second kappa shape index (κ2) is 6.08. The van der Waals surface area contributed by atoms with E-state index in [1.54, 1.807) is 43.6 Å². The minimum absolute atomic E-state index is 0.0267. The molecule has 0 aliphatic rings. The summed E-state index contributed by atoms with van der Waals surface area (Å²) < 4.78 is 1.51. The van der Waals surface area contributed by atoms with E-state index in [0.29, 0.717) is 11.4 Å². The van der Waals surface area contributed by atoms with Gasteiger partial charge in [-0.2, -0.15) is 5.10 Å². The number of hydrogen-bond donors (Lipinski definition) is 2. The fourth-order valence-electron chi connectivity index (χ4n) is 1.94. The number of carbonyl (C=O) groups is 2. The number of aryl methyl sites for hydroxylation is 1. The lowest BCUT2D eigenvalue weighted by molar-refractivity contribution is -0.136. The van der Waals surface area contributed by atoms with Crippen LogP contribution in [0.15, 0.2) is 36.5 Å².